The Morgan fingerprint density at radius 3 is 2.42 bits per heavy atom. The molecule has 0 radical (unpaired) electrons. The lowest BCUT2D eigenvalue weighted by Crippen LogP contribution is -2.36. The molecular weight excluding hydrogens is 585 g/mol. The quantitative estimate of drug-likeness (QED) is 0.251. The first-order valence-electron chi connectivity index (χ1n) is 12.5. The number of aliphatic imine (C=N–C) groups is 1. The minimum atomic E-state index is -0.898. The Morgan fingerprint density at radius 1 is 1.23 bits per heavy atom. The molecule has 0 spiro atoms. The first-order valence-corrected chi connectivity index (χ1v) is 14.4. The van der Waals surface area contributed by atoms with E-state index in [0.29, 0.717) is 5.56 Å². The van der Waals surface area contributed by atoms with Gasteiger partial charge in [-0.15, -0.1) is 3.89 Å². The van der Waals surface area contributed by atoms with Gasteiger partial charge in [-0.1, -0.05) is 50.2 Å². The highest BCUT2D eigenvalue weighted by molar-refractivity contribution is 8.15. The van der Waals surface area contributed by atoms with Crippen molar-refractivity contribution in [2.75, 3.05) is 0 Å². The van der Waals surface area contributed by atoms with Crippen LogP contribution in [0.2, 0.25) is 5.15 Å². The topological polar surface area (TPSA) is 84.8 Å². The largest absolute Gasteiger partial charge is 0.443 e. The number of thioether (sulfide) groups is 1. The molecule has 1 aromatic heterocycles. The SMILES string of the molecule is CC.CC1C2SC(N(SF)C(=O)OC(C)(C)C)=NC(c3cc(/C=C(\F)c4cnc(Cl)cn4)ccc3F)C12.CC=O. The van der Waals surface area contributed by atoms with Crippen molar-refractivity contribution in [1.82, 2.24) is 14.3 Å². The van der Waals surface area contributed by atoms with Crippen LogP contribution < -0.4 is 0 Å². The van der Waals surface area contributed by atoms with Crippen LogP contribution in [0.4, 0.5) is 17.5 Å². The molecule has 2 heterocycles. The van der Waals surface area contributed by atoms with Crippen LogP contribution in [0, 0.1) is 17.7 Å². The molecule has 2 aromatic rings. The molecule has 7 nitrogen and oxygen atoms in total. The lowest BCUT2D eigenvalue weighted by Gasteiger charge is -2.27. The highest BCUT2D eigenvalue weighted by atomic mass is 35.5. The number of carbonyl (C=O) groups is 2. The lowest BCUT2D eigenvalue weighted by atomic mass is 9.98. The van der Waals surface area contributed by atoms with E-state index in [1.807, 2.05) is 20.8 Å². The standard InChI is InChI=1S/C23H22ClF3N4O2S2.C2H4O.C2H6/c1-11-18-19(30-21(34-20(11)18)31(35-27)22(32)33-23(2,3)4)13-7-12(5-6-14(13)25)8-15(26)16-9-29-17(24)10-28-16;1-2-3;1-2/h5-11,18-20H,1-4H3;2H,1H3;1-2H3/b15-8-;;. The fourth-order valence-corrected chi connectivity index (χ4v) is 5.78. The summed E-state index contributed by atoms with van der Waals surface area (Å²) in [5, 5.41) is 0.268. The van der Waals surface area contributed by atoms with E-state index in [-0.39, 0.29) is 51.0 Å². The van der Waals surface area contributed by atoms with Gasteiger partial charge in [0.2, 0.25) is 0 Å². The van der Waals surface area contributed by atoms with Crippen molar-refractivity contribution in [2.24, 2.45) is 16.8 Å². The Kier molecular flexibility index (Phi) is 12.5. The monoisotopic (exact) mass is 616 g/mol. The second-order valence-electron chi connectivity index (χ2n) is 9.45. The molecule has 218 valence electrons. The Morgan fingerprint density at radius 2 is 1.88 bits per heavy atom. The van der Waals surface area contributed by atoms with E-state index in [1.54, 1.807) is 20.8 Å². The zero-order valence-electron chi connectivity index (χ0n) is 23.2. The van der Waals surface area contributed by atoms with Gasteiger partial charge in [-0.3, -0.25) is 4.99 Å². The summed E-state index contributed by atoms with van der Waals surface area (Å²) in [4.78, 5) is 33.6. The number of amides is 1. The minimum Gasteiger partial charge on any atom is -0.443 e. The van der Waals surface area contributed by atoms with Gasteiger partial charge >= 0.3 is 6.09 Å². The maximum Gasteiger partial charge on any atom is 0.428 e. The van der Waals surface area contributed by atoms with Gasteiger partial charge in [-0.25, -0.2) is 23.5 Å². The Labute approximate surface area is 246 Å². The maximum absolute atomic E-state index is 15.0. The zero-order valence-corrected chi connectivity index (χ0v) is 25.6. The van der Waals surface area contributed by atoms with Gasteiger partial charge in [-0.2, -0.15) is 4.31 Å². The molecule has 4 unspecified atom stereocenters. The van der Waals surface area contributed by atoms with Crippen molar-refractivity contribution >= 4 is 65.1 Å². The Hall–Kier alpha value is -2.57. The third-order valence-electron chi connectivity index (χ3n) is 5.52. The molecule has 1 aliphatic carbocycles. The zero-order chi connectivity index (χ0) is 30.2. The van der Waals surface area contributed by atoms with Crippen LogP contribution in [0.15, 0.2) is 35.6 Å². The van der Waals surface area contributed by atoms with Crippen molar-refractivity contribution in [3.8, 4) is 0 Å². The second kappa shape index (κ2) is 14.9. The molecule has 4 rings (SSSR count). The van der Waals surface area contributed by atoms with Crippen LogP contribution in [0.1, 0.15) is 71.3 Å². The molecule has 0 bridgehead atoms. The number of hydrogen-bond acceptors (Lipinski definition) is 8. The summed E-state index contributed by atoms with van der Waals surface area (Å²) in [6.07, 6.45) is 3.49. The fourth-order valence-electron chi connectivity index (χ4n) is 3.82. The van der Waals surface area contributed by atoms with Crippen LogP contribution in [0.5, 0.6) is 0 Å². The van der Waals surface area contributed by atoms with E-state index in [0.717, 1.165) is 10.6 Å². The summed E-state index contributed by atoms with van der Waals surface area (Å²) >= 11 is 6.65. The van der Waals surface area contributed by atoms with Gasteiger partial charge in [0.1, 0.15) is 28.6 Å². The average Bonchev–Trinajstić information content (AvgIpc) is 3.55. The van der Waals surface area contributed by atoms with Crippen LogP contribution in [0.25, 0.3) is 11.9 Å². The summed E-state index contributed by atoms with van der Waals surface area (Å²) in [5.74, 6) is -1.04. The number of carbonyl (C=O) groups excluding carboxylic acids is 2. The summed E-state index contributed by atoms with van der Waals surface area (Å²) in [5.41, 5.74) is -0.220. The van der Waals surface area contributed by atoms with Gasteiger partial charge in [0.15, 0.2) is 23.3 Å². The minimum absolute atomic E-state index is 0.00504. The highest BCUT2D eigenvalue weighted by Gasteiger charge is 2.57. The molecule has 13 heteroatoms. The number of benzene rings is 1. The van der Waals surface area contributed by atoms with Crippen LogP contribution >= 0.6 is 35.7 Å². The number of nitrogens with zero attached hydrogens (tertiary/aromatic N) is 4. The summed E-state index contributed by atoms with van der Waals surface area (Å²) < 4.78 is 49.5. The number of aromatic nitrogens is 2. The summed E-state index contributed by atoms with van der Waals surface area (Å²) in [6, 6.07) is 3.50. The highest BCUT2D eigenvalue weighted by Crippen LogP contribution is 2.60. The first-order chi connectivity index (χ1) is 18.9. The third kappa shape index (κ3) is 8.71. The molecule has 4 atom stereocenters. The Bertz CT molecular complexity index is 1240. The van der Waals surface area contributed by atoms with Gasteiger partial charge in [0.05, 0.1) is 18.4 Å². The number of rotatable bonds is 4. The van der Waals surface area contributed by atoms with Crippen molar-refractivity contribution < 1.29 is 27.0 Å². The molecule has 1 aromatic carbocycles. The Balaban J connectivity index is 0.00000105. The predicted molar refractivity (Wildman–Crippen MR) is 156 cm³/mol. The maximum atomic E-state index is 15.0. The molecule has 1 saturated carbocycles. The van der Waals surface area contributed by atoms with E-state index < -0.39 is 29.4 Å². The van der Waals surface area contributed by atoms with Gasteiger partial charge < -0.3 is 9.53 Å². The van der Waals surface area contributed by atoms with E-state index >= 15 is 0 Å². The van der Waals surface area contributed by atoms with E-state index in [2.05, 4.69) is 15.0 Å². The predicted octanol–water partition coefficient (Wildman–Crippen LogP) is 8.52. The number of amidine groups is 1. The first kappa shape index (κ1) is 33.6. The molecule has 0 N–H and O–H groups in total. The van der Waals surface area contributed by atoms with Crippen molar-refractivity contribution in [2.45, 2.75) is 65.4 Å². The van der Waals surface area contributed by atoms with Crippen molar-refractivity contribution in [1.29, 1.82) is 0 Å². The van der Waals surface area contributed by atoms with Gasteiger partial charge in [-0.05, 0) is 57.4 Å². The number of ether oxygens (including phenoxy) is 1. The molecule has 0 saturated heterocycles. The summed E-state index contributed by atoms with van der Waals surface area (Å²) in [7, 11) is 0. The third-order valence-corrected chi connectivity index (χ3v) is 7.80. The normalized spacial score (nSPS) is 21.4. The number of aldehydes is 1. The molecule has 40 heavy (non-hydrogen) atoms. The van der Waals surface area contributed by atoms with Crippen LogP contribution in [-0.4, -0.2) is 42.7 Å². The average molecular weight is 617 g/mol. The van der Waals surface area contributed by atoms with E-state index in [4.69, 9.17) is 21.1 Å². The van der Waals surface area contributed by atoms with Crippen LogP contribution in [-0.2, 0) is 9.53 Å². The van der Waals surface area contributed by atoms with E-state index in [1.165, 1.54) is 55.4 Å². The molecule has 1 fully saturated rings. The second-order valence-corrected chi connectivity index (χ2v) is 11.5. The lowest BCUT2D eigenvalue weighted by molar-refractivity contribution is -0.106. The molecule has 1 aliphatic heterocycles. The smallest absolute Gasteiger partial charge is 0.428 e. The van der Waals surface area contributed by atoms with Gasteiger partial charge in [0.25, 0.3) is 0 Å². The molecule has 2 aliphatic rings. The van der Waals surface area contributed by atoms with Crippen LogP contribution in [0.3, 0.4) is 0 Å². The van der Waals surface area contributed by atoms with Crippen molar-refractivity contribution in [3.63, 3.8) is 0 Å². The summed E-state index contributed by atoms with van der Waals surface area (Å²) in [6.45, 7) is 12.5. The molecule has 1 amide bonds. The van der Waals surface area contributed by atoms with Crippen molar-refractivity contribution in [3.05, 3.63) is 58.4 Å². The number of hydrogen-bond donors (Lipinski definition) is 0. The molecular formula is C27H32ClF3N4O3S2. The number of halogens is 4. The van der Waals surface area contributed by atoms with Gasteiger partial charge in [0, 0.05) is 16.7 Å². The number of fused-ring (bicyclic) bond motifs is 1. The van der Waals surface area contributed by atoms with E-state index in [9.17, 15) is 17.5 Å². The fraction of sp³-hybridized carbons (Fsp3) is 0.444.